The molecular weight excluding hydrogens is 360 g/mol. The molecule has 0 aliphatic carbocycles. The van der Waals surface area contributed by atoms with Crippen molar-refractivity contribution in [2.45, 2.75) is 0 Å². The summed E-state index contributed by atoms with van der Waals surface area (Å²) < 4.78 is 0. The van der Waals surface area contributed by atoms with Crippen LogP contribution in [0, 0.1) is 0 Å². The number of benzene rings is 2. The molecule has 2 heterocycles. The topological polar surface area (TPSA) is 74.3 Å². The monoisotopic (exact) mass is 378 g/mol. The number of para-hydroxylation sites is 2. The summed E-state index contributed by atoms with van der Waals surface area (Å²) >= 11 is 1.44. The summed E-state index contributed by atoms with van der Waals surface area (Å²) in [6.07, 6.45) is 0. The zero-order valence-corrected chi connectivity index (χ0v) is 15.3. The number of hydrogen-bond donors (Lipinski definition) is 2. The summed E-state index contributed by atoms with van der Waals surface area (Å²) in [6.45, 7) is 1.57. The summed E-state index contributed by atoms with van der Waals surface area (Å²) in [4.78, 5) is 30.8. The van der Waals surface area contributed by atoms with Crippen molar-refractivity contribution in [3.63, 3.8) is 0 Å². The van der Waals surface area contributed by atoms with Crippen molar-refractivity contribution >= 4 is 34.5 Å². The highest BCUT2D eigenvalue weighted by atomic mass is 32.1. The van der Waals surface area contributed by atoms with Gasteiger partial charge in [0.2, 0.25) is 5.91 Å². The van der Waals surface area contributed by atoms with E-state index in [1.165, 1.54) is 11.3 Å². The molecule has 4 rings (SSSR count). The molecule has 0 bridgehead atoms. The smallest absolute Gasteiger partial charge is 0.275 e. The van der Waals surface area contributed by atoms with E-state index < -0.39 is 0 Å². The molecule has 1 fully saturated rings. The number of anilines is 2. The standard InChI is InChI=1S/C20H18N4O2S/c25-18-12-24(11-10-21-18)17-9-5-4-8-15(17)22-19(26)16-13-27-20(23-16)14-6-2-1-3-7-14/h1-9,13H,10-12H2,(H,21,25)(H,22,26). The van der Waals surface area contributed by atoms with Gasteiger partial charge in [-0.3, -0.25) is 9.59 Å². The normalized spacial score (nSPS) is 13.9. The Morgan fingerprint density at radius 2 is 1.89 bits per heavy atom. The van der Waals surface area contributed by atoms with Gasteiger partial charge < -0.3 is 15.5 Å². The molecule has 2 N–H and O–H groups in total. The number of rotatable bonds is 4. The van der Waals surface area contributed by atoms with Crippen molar-refractivity contribution in [3.05, 3.63) is 65.7 Å². The van der Waals surface area contributed by atoms with Crippen molar-refractivity contribution in [3.8, 4) is 10.6 Å². The van der Waals surface area contributed by atoms with E-state index in [0.717, 1.165) is 16.3 Å². The van der Waals surface area contributed by atoms with Gasteiger partial charge >= 0.3 is 0 Å². The van der Waals surface area contributed by atoms with Gasteiger partial charge in [0.05, 0.1) is 17.9 Å². The van der Waals surface area contributed by atoms with E-state index in [9.17, 15) is 9.59 Å². The van der Waals surface area contributed by atoms with E-state index in [0.29, 0.717) is 24.5 Å². The van der Waals surface area contributed by atoms with Crippen LogP contribution in [0.5, 0.6) is 0 Å². The molecule has 27 heavy (non-hydrogen) atoms. The van der Waals surface area contributed by atoms with Crippen LogP contribution in [-0.2, 0) is 4.79 Å². The summed E-state index contributed by atoms with van der Waals surface area (Å²) in [6, 6.07) is 17.3. The Hall–Kier alpha value is -3.19. The van der Waals surface area contributed by atoms with E-state index in [2.05, 4.69) is 15.6 Å². The number of amides is 2. The molecule has 6 nitrogen and oxygen atoms in total. The summed E-state index contributed by atoms with van der Waals surface area (Å²) in [5.41, 5.74) is 2.87. The molecule has 7 heteroatoms. The van der Waals surface area contributed by atoms with Crippen LogP contribution in [0.2, 0.25) is 0 Å². The molecule has 0 spiro atoms. The van der Waals surface area contributed by atoms with E-state index in [4.69, 9.17) is 0 Å². The van der Waals surface area contributed by atoms with E-state index in [1.54, 1.807) is 5.38 Å². The minimum absolute atomic E-state index is 0.0191. The lowest BCUT2D eigenvalue weighted by Gasteiger charge is -2.30. The number of carbonyl (C=O) groups is 2. The number of carbonyl (C=O) groups excluding carboxylic acids is 2. The molecule has 0 radical (unpaired) electrons. The van der Waals surface area contributed by atoms with Gasteiger partial charge in [0, 0.05) is 24.0 Å². The molecule has 3 aromatic rings. The van der Waals surface area contributed by atoms with Gasteiger partial charge in [0.1, 0.15) is 10.7 Å². The predicted octanol–water partition coefficient (Wildman–Crippen LogP) is 3.00. The molecule has 1 aliphatic heterocycles. The van der Waals surface area contributed by atoms with Crippen molar-refractivity contribution in [2.24, 2.45) is 0 Å². The quantitative estimate of drug-likeness (QED) is 0.732. The van der Waals surface area contributed by atoms with Crippen LogP contribution in [-0.4, -0.2) is 36.4 Å². The minimum Gasteiger partial charge on any atom is -0.359 e. The molecule has 0 saturated carbocycles. The van der Waals surface area contributed by atoms with Crippen LogP contribution in [0.4, 0.5) is 11.4 Å². The molecule has 1 aliphatic rings. The van der Waals surface area contributed by atoms with Crippen molar-refractivity contribution in [2.75, 3.05) is 29.9 Å². The fourth-order valence-corrected chi connectivity index (χ4v) is 3.78. The van der Waals surface area contributed by atoms with E-state index >= 15 is 0 Å². The highest BCUT2D eigenvalue weighted by molar-refractivity contribution is 7.13. The zero-order chi connectivity index (χ0) is 18.6. The SMILES string of the molecule is O=C1CN(c2ccccc2NC(=O)c2csc(-c3ccccc3)n2)CCN1. The first kappa shape index (κ1) is 17.2. The summed E-state index contributed by atoms with van der Waals surface area (Å²) in [5.74, 6) is -0.281. The van der Waals surface area contributed by atoms with Gasteiger partial charge in [0.25, 0.3) is 5.91 Å². The number of nitrogens with one attached hydrogen (secondary N) is 2. The van der Waals surface area contributed by atoms with Crippen LogP contribution in [0.3, 0.4) is 0 Å². The second-order valence-electron chi connectivity index (χ2n) is 6.15. The number of thiazole rings is 1. The highest BCUT2D eigenvalue weighted by Gasteiger charge is 2.20. The first-order chi connectivity index (χ1) is 13.2. The van der Waals surface area contributed by atoms with Crippen LogP contribution in [0.15, 0.2) is 60.0 Å². The maximum atomic E-state index is 12.7. The average molecular weight is 378 g/mol. The van der Waals surface area contributed by atoms with Crippen LogP contribution in [0.1, 0.15) is 10.5 Å². The van der Waals surface area contributed by atoms with Crippen LogP contribution in [0.25, 0.3) is 10.6 Å². The Labute approximate surface area is 160 Å². The van der Waals surface area contributed by atoms with E-state index in [-0.39, 0.29) is 18.4 Å². The highest BCUT2D eigenvalue weighted by Crippen LogP contribution is 2.28. The van der Waals surface area contributed by atoms with Gasteiger partial charge in [0.15, 0.2) is 0 Å². The first-order valence-corrected chi connectivity index (χ1v) is 9.51. The molecule has 0 atom stereocenters. The third kappa shape index (κ3) is 3.83. The Kier molecular flexibility index (Phi) is 4.84. The maximum absolute atomic E-state index is 12.7. The average Bonchev–Trinajstić information content (AvgIpc) is 3.19. The fraction of sp³-hybridized carbons (Fsp3) is 0.150. The number of piperazine rings is 1. The Balaban J connectivity index is 1.54. The maximum Gasteiger partial charge on any atom is 0.275 e. The Morgan fingerprint density at radius 1 is 1.11 bits per heavy atom. The second-order valence-corrected chi connectivity index (χ2v) is 7.00. The number of nitrogens with zero attached hydrogens (tertiary/aromatic N) is 2. The van der Waals surface area contributed by atoms with Gasteiger partial charge in [-0.2, -0.15) is 0 Å². The Morgan fingerprint density at radius 3 is 2.70 bits per heavy atom. The third-order valence-corrected chi connectivity index (χ3v) is 5.18. The van der Waals surface area contributed by atoms with E-state index in [1.807, 2.05) is 59.5 Å². The van der Waals surface area contributed by atoms with Crippen molar-refractivity contribution in [1.29, 1.82) is 0 Å². The summed E-state index contributed by atoms with van der Waals surface area (Å²) in [7, 11) is 0. The molecular formula is C20H18N4O2S. The van der Waals surface area contributed by atoms with Gasteiger partial charge in [-0.25, -0.2) is 4.98 Å². The summed E-state index contributed by atoms with van der Waals surface area (Å²) in [5, 5.41) is 8.31. The zero-order valence-electron chi connectivity index (χ0n) is 14.5. The largest absolute Gasteiger partial charge is 0.359 e. The van der Waals surface area contributed by atoms with Crippen LogP contribution < -0.4 is 15.5 Å². The first-order valence-electron chi connectivity index (χ1n) is 8.64. The molecule has 2 aromatic carbocycles. The van der Waals surface area contributed by atoms with Crippen molar-refractivity contribution < 1.29 is 9.59 Å². The third-order valence-electron chi connectivity index (χ3n) is 4.29. The second kappa shape index (κ2) is 7.59. The molecule has 1 saturated heterocycles. The minimum atomic E-state index is -0.262. The lowest BCUT2D eigenvalue weighted by molar-refractivity contribution is -0.120. The van der Waals surface area contributed by atoms with Gasteiger partial charge in [-0.1, -0.05) is 42.5 Å². The number of aromatic nitrogens is 1. The van der Waals surface area contributed by atoms with Crippen molar-refractivity contribution in [1.82, 2.24) is 10.3 Å². The number of hydrogen-bond acceptors (Lipinski definition) is 5. The lowest BCUT2D eigenvalue weighted by Crippen LogP contribution is -2.47. The van der Waals surface area contributed by atoms with Gasteiger partial charge in [-0.05, 0) is 12.1 Å². The fourth-order valence-electron chi connectivity index (χ4n) is 2.98. The molecule has 2 amide bonds. The molecule has 136 valence electrons. The van der Waals surface area contributed by atoms with Crippen LogP contribution >= 0.6 is 11.3 Å². The lowest BCUT2D eigenvalue weighted by atomic mass is 10.2. The predicted molar refractivity (Wildman–Crippen MR) is 107 cm³/mol. The molecule has 0 unspecified atom stereocenters. The molecule has 1 aromatic heterocycles. The van der Waals surface area contributed by atoms with Gasteiger partial charge in [-0.15, -0.1) is 11.3 Å². The Bertz CT molecular complexity index is 971.